The van der Waals surface area contributed by atoms with Crippen molar-refractivity contribution in [1.29, 1.82) is 0 Å². The number of nitrogens with one attached hydrogen (secondary N) is 2. The summed E-state index contributed by atoms with van der Waals surface area (Å²) in [7, 11) is 0. The molecule has 0 aliphatic rings. The van der Waals surface area contributed by atoms with Crippen LogP contribution in [0.25, 0.3) is 0 Å². The number of phenolic OH excluding ortho intramolecular Hbond substituents is 1. The van der Waals surface area contributed by atoms with Gasteiger partial charge in [-0.15, -0.1) is 0 Å². The molecule has 5 N–H and O–H groups in total. The number of carbonyl (C=O) groups excluding carboxylic acids is 2. The van der Waals surface area contributed by atoms with Crippen LogP contribution in [0.2, 0.25) is 0 Å². The Kier molecular flexibility index (Phi) is 10.1. The lowest BCUT2D eigenvalue weighted by Gasteiger charge is -2.27. The quantitative estimate of drug-likeness (QED) is 0.189. The van der Waals surface area contributed by atoms with Crippen LogP contribution in [-0.2, 0) is 14.3 Å². The first-order chi connectivity index (χ1) is 17.9. The largest absolute Gasteiger partial charge is 0.508 e. The maximum atomic E-state index is 12.8. The second-order valence-corrected chi connectivity index (χ2v) is 8.46. The molecule has 3 aromatic rings. The molecule has 0 aromatic heterocycles. The van der Waals surface area contributed by atoms with Crippen molar-refractivity contribution < 1.29 is 24.2 Å². The average molecular weight is 504 g/mol. The lowest BCUT2D eigenvalue weighted by atomic mass is 10.00. The predicted octanol–water partition coefficient (Wildman–Crippen LogP) is 5.95. The molecular weight excluding hydrogens is 470 g/mol. The molecule has 0 aliphatic heterocycles. The van der Waals surface area contributed by atoms with E-state index < -0.39 is 18.3 Å². The molecule has 8 heteroatoms. The number of phenols is 1. The number of anilines is 3. The molecule has 0 unspecified atom stereocenters. The van der Waals surface area contributed by atoms with Crippen molar-refractivity contribution in [1.82, 2.24) is 0 Å². The van der Waals surface area contributed by atoms with Crippen molar-refractivity contribution in [2.45, 2.75) is 38.9 Å². The molecule has 3 rings (SSSR count). The summed E-state index contributed by atoms with van der Waals surface area (Å²) in [6.45, 7) is 4.23. The number of nitrogen functional groups attached to an aromatic ring is 1. The normalized spacial score (nSPS) is 12.6. The topological polar surface area (TPSA) is 123 Å². The maximum absolute atomic E-state index is 12.8. The third-order valence-corrected chi connectivity index (χ3v) is 5.58. The van der Waals surface area contributed by atoms with Crippen LogP contribution in [-0.4, -0.2) is 29.8 Å². The Labute approximate surface area is 217 Å². The van der Waals surface area contributed by atoms with Gasteiger partial charge in [-0.05, 0) is 74.7 Å². The number of ether oxygens (including phenoxy) is 2. The zero-order valence-electron chi connectivity index (χ0n) is 21.0. The van der Waals surface area contributed by atoms with Crippen molar-refractivity contribution >= 4 is 29.1 Å². The van der Waals surface area contributed by atoms with Crippen LogP contribution in [0, 0.1) is 6.92 Å². The highest BCUT2D eigenvalue weighted by atomic mass is 16.6. The fourth-order valence-corrected chi connectivity index (χ4v) is 3.69. The number of benzene rings is 3. The number of carbonyl (C=O) groups is 2. The third-order valence-electron chi connectivity index (χ3n) is 5.58. The number of hydrogen-bond acceptors (Lipinski definition) is 6. The average Bonchev–Trinajstić information content (AvgIpc) is 2.88. The van der Waals surface area contributed by atoms with Crippen LogP contribution in [0.1, 0.15) is 37.0 Å². The van der Waals surface area contributed by atoms with Crippen LogP contribution < -0.4 is 16.4 Å². The number of hydrogen-bond donors (Lipinski definition) is 4. The smallest absolute Gasteiger partial charge is 0.412 e. The summed E-state index contributed by atoms with van der Waals surface area (Å²) in [5.41, 5.74) is 9.27. The maximum Gasteiger partial charge on any atom is 0.412 e. The molecule has 0 saturated carbocycles. The van der Waals surface area contributed by atoms with Crippen molar-refractivity contribution in [2.24, 2.45) is 0 Å². The first-order valence-electron chi connectivity index (χ1n) is 12.1. The fraction of sp³-hybridized carbons (Fsp3) is 0.241. The number of aromatic hydroxyl groups is 1. The highest BCUT2D eigenvalue weighted by Gasteiger charge is 2.27. The van der Waals surface area contributed by atoms with Crippen molar-refractivity contribution in [3.8, 4) is 5.75 Å². The van der Waals surface area contributed by atoms with Gasteiger partial charge in [0.15, 0.2) is 6.10 Å². The Balaban J connectivity index is 1.68. The standard InChI is InChI=1S/C29H33N3O5/c1-3-36-26(10-6-7-11-27(34)32-25-9-5-4-8-24(25)30)28(21-14-18-23(33)19-15-21)37-29(35)31-22-16-12-20(2)13-17-22/h4-5,7-9,11-19,26,28,33H,3,6,10,30H2,1-2H3,(H,31,35)(H,32,34)/b11-7+/t26-,28-/m0/s1. The van der Waals surface area contributed by atoms with Gasteiger partial charge in [0, 0.05) is 12.3 Å². The van der Waals surface area contributed by atoms with Gasteiger partial charge in [-0.25, -0.2) is 4.79 Å². The Bertz CT molecular complexity index is 1190. The van der Waals surface area contributed by atoms with Crippen LogP contribution in [0.5, 0.6) is 5.75 Å². The monoisotopic (exact) mass is 503 g/mol. The summed E-state index contributed by atoms with van der Waals surface area (Å²) in [4.78, 5) is 25.0. The van der Waals surface area contributed by atoms with Gasteiger partial charge < -0.3 is 25.6 Å². The van der Waals surface area contributed by atoms with E-state index >= 15 is 0 Å². The van der Waals surface area contributed by atoms with Crippen molar-refractivity contribution in [3.63, 3.8) is 0 Å². The first kappa shape index (κ1) is 27.3. The highest BCUT2D eigenvalue weighted by Crippen LogP contribution is 2.29. The van der Waals surface area contributed by atoms with Gasteiger partial charge in [0.05, 0.1) is 17.5 Å². The van der Waals surface area contributed by atoms with Crippen LogP contribution in [0.3, 0.4) is 0 Å². The lowest BCUT2D eigenvalue weighted by Crippen LogP contribution is -2.29. The second-order valence-electron chi connectivity index (χ2n) is 8.46. The van der Waals surface area contributed by atoms with Crippen LogP contribution in [0.15, 0.2) is 84.9 Å². The SMILES string of the molecule is CCO[C@@H](CC/C=C/C(=O)Nc1ccccc1N)[C@@H](OC(=O)Nc1ccc(C)cc1)c1ccc(O)cc1. The Morgan fingerprint density at radius 1 is 1.00 bits per heavy atom. The summed E-state index contributed by atoms with van der Waals surface area (Å²) in [5.74, 6) is -0.192. The first-order valence-corrected chi connectivity index (χ1v) is 12.1. The van der Waals surface area contributed by atoms with Gasteiger partial charge in [0.2, 0.25) is 5.91 Å². The van der Waals surface area contributed by atoms with Crippen molar-refractivity contribution in [3.05, 3.63) is 96.1 Å². The van der Waals surface area contributed by atoms with E-state index in [0.29, 0.717) is 42.1 Å². The molecule has 0 fully saturated rings. The number of nitrogens with two attached hydrogens (primary N) is 1. The van der Waals surface area contributed by atoms with Gasteiger partial charge in [0.1, 0.15) is 5.75 Å². The second kappa shape index (κ2) is 13.7. The molecule has 37 heavy (non-hydrogen) atoms. The van der Waals surface area contributed by atoms with E-state index in [1.54, 1.807) is 54.6 Å². The zero-order valence-corrected chi connectivity index (χ0v) is 21.0. The molecule has 8 nitrogen and oxygen atoms in total. The number of amides is 2. The van der Waals surface area contributed by atoms with Gasteiger partial charge in [-0.2, -0.15) is 0 Å². The summed E-state index contributed by atoms with van der Waals surface area (Å²) >= 11 is 0. The van der Waals surface area contributed by atoms with E-state index in [9.17, 15) is 14.7 Å². The number of rotatable bonds is 11. The van der Waals surface area contributed by atoms with E-state index in [0.717, 1.165) is 5.56 Å². The Hall–Kier alpha value is -4.30. The summed E-state index contributed by atoms with van der Waals surface area (Å²) in [5, 5.41) is 15.2. The van der Waals surface area contributed by atoms with Crippen LogP contribution in [0.4, 0.5) is 21.9 Å². The molecule has 0 spiro atoms. The molecule has 0 heterocycles. The van der Waals surface area contributed by atoms with E-state index in [1.807, 2.05) is 26.0 Å². The van der Waals surface area contributed by atoms with Gasteiger partial charge in [0.25, 0.3) is 0 Å². The van der Waals surface area contributed by atoms with Crippen molar-refractivity contribution in [2.75, 3.05) is 23.0 Å². The van der Waals surface area contributed by atoms with Gasteiger partial charge in [-0.1, -0.05) is 48.0 Å². The predicted molar refractivity (Wildman–Crippen MR) is 145 cm³/mol. The Morgan fingerprint density at radius 3 is 2.38 bits per heavy atom. The summed E-state index contributed by atoms with van der Waals surface area (Å²) in [6.07, 6.45) is 2.31. The minimum atomic E-state index is -0.739. The van der Waals surface area contributed by atoms with E-state index in [1.165, 1.54) is 18.2 Å². The molecule has 2 amide bonds. The van der Waals surface area contributed by atoms with E-state index in [2.05, 4.69) is 10.6 Å². The van der Waals surface area contributed by atoms with Gasteiger partial charge in [-0.3, -0.25) is 10.1 Å². The molecule has 2 atom stereocenters. The van der Waals surface area contributed by atoms with E-state index in [4.69, 9.17) is 15.2 Å². The molecule has 0 saturated heterocycles. The van der Waals surface area contributed by atoms with E-state index in [-0.39, 0.29) is 11.7 Å². The zero-order chi connectivity index (χ0) is 26.6. The fourth-order valence-electron chi connectivity index (χ4n) is 3.69. The minimum absolute atomic E-state index is 0.104. The van der Waals surface area contributed by atoms with Gasteiger partial charge >= 0.3 is 6.09 Å². The van der Waals surface area contributed by atoms with Crippen LogP contribution >= 0.6 is 0 Å². The molecule has 0 bridgehead atoms. The molecule has 0 radical (unpaired) electrons. The summed E-state index contributed by atoms with van der Waals surface area (Å²) in [6, 6.07) is 20.9. The lowest BCUT2D eigenvalue weighted by molar-refractivity contribution is -0.111. The minimum Gasteiger partial charge on any atom is -0.508 e. The number of allylic oxidation sites excluding steroid dienone is 1. The highest BCUT2D eigenvalue weighted by molar-refractivity contribution is 6.01. The number of para-hydroxylation sites is 2. The molecule has 3 aromatic carbocycles. The molecule has 0 aliphatic carbocycles. The molecule has 194 valence electrons. The number of aryl methyl sites for hydroxylation is 1. The third kappa shape index (κ3) is 8.70. The molecular formula is C29H33N3O5. The Morgan fingerprint density at radius 2 is 1.70 bits per heavy atom. The summed E-state index contributed by atoms with van der Waals surface area (Å²) < 4.78 is 11.8.